The predicted octanol–water partition coefficient (Wildman–Crippen LogP) is 12.2. The summed E-state index contributed by atoms with van der Waals surface area (Å²) in [6, 6.07) is 43.0. The fourth-order valence-electron chi connectivity index (χ4n) is 7.05. The zero-order valence-corrected chi connectivity index (χ0v) is 24.3. The average Bonchev–Trinajstić information content (AvgIpc) is 3.78. The van der Waals surface area contributed by atoms with Crippen LogP contribution in [-0.2, 0) is 6.42 Å². The van der Waals surface area contributed by atoms with Crippen molar-refractivity contribution in [1.82, 2.24) is 0 Å². The van der Waals surface area contributed by atoms with Crippen LogP contribution in [0.1, 0.15) is 17.7 Å². The number of para-hydroxylation sites is 1. The summed E-state index contributed by atoms with van der Waals surface area (Å²) in [7, 11) is 0. The van der Waals surface area contributed by atoms with Crippen LogP contribution in [0.5, 0.6) is 0 Å². The SMILES string of the molecule is C1=Cc2c(oc3ccc(-c4ccc5oc6ccc(-c7cccc(-c8ccc9oc%10ccccc%10c9c8)c7)cc6c5c4)cc23)CC1. The second kappa shape index (κ2) is 9.35. The Morgan fingerprint density at radius 3 is 1.49 bits per heavy atom. The standard InChI is InChI=1S/C42H26O3/c1-3-10-37-31(8-1)33-21-27(12-16-39(33)43-37)25-6-5-7-26(20-25)28-13-18-41-35(23-28)36-24-30(15-19-42(36)45-41)29-14-17-40-34(22-29)32-9-2-4-11-38(32)44-40/h1-3,5-10,12-24H,4,11H2. The molecule has 0 unspecified atom stereocenters. The molecule has 0 atom stereocenters. The van der Waals surface area contributed by atoms with E-state index in [1.165, 1.54) is 33.2 Å². The van der Waals surface area contributed by atoms with Gasteiger partial charge in [0.15, 0.2) is 0 Å². The number of hydrogen-bond acceptors (Lipinski definition) is 3. The topological polar surface area (TPSA) is 39.4 Å². The molecule has 3 nitrogen and oxygen atoms in total. The van der Waals surface area contributed by atoms with Gasteiger partial charge in [-0.25, -0.2) is 0 Å². The van der Waals surface area contributed by atoms with Crippen molar-refractivity contribution in [3.05, 3.63) is 139 Å². The van der Waals surface area contributed by atoms with Crippen LogP contribution < -0.4 is 0 Å². The van der Waals surface area contributed by atoms with E-state index >= 15 is 0 Å². The van der Waals surface area contributed by atoms with Crippen LogP contribution >= 0.6 is 0 Å². The third-order valence-corrected chi connectivity index (χ3v) is 9.33. The summed E-state index contributed by atoms with van der Waals surface area (Å²) < 4.78 is 18.5. The molecule has 3 aromatic heterocycles. The van der Waals surface area contributed by atoms with E-state index in [0.717, 1.165) is 79.2 Å². The first-order valence-corrected chi connectivity index (χ1v) is 15.5. The van der Waals surface area contributed by atoms with Gasteiger partial charge in [0.1, 0.15) is 33.7 Å². The minimum atomic E-state index is 0.892. The predicted molar refractivity (Wildman–Crippen MR) is 184 cm³/mol. The molecule has 45 heavy (non-hydrogen) atoms. The molecule has 0 saturated carbocycles. The van der Waals surface area contributed by atoms with Crippen molar-refractivity contribution >= 4 is 60.9 Å². The van der Waals surface area contributed by atoms with Gasteiger partial charge in [-0.2, -0.15) is 0 Å². The Morgan fingerprint density at radius 1 is 0.378 bits per heavy atom. The minimum absolute atomic E-state index is 0.892. The minimum Gasteiger partial charge on any atom is -0.460 e. The number of aryl methyl sites for hydroxylation is 1. The smallest absolute Gasteiger partial charge is 0.135 e. The molecule has 1 aliphatic rings. The van der Waals surface area contributed by atoms with Gasteiger partial charge in [-0.05, 0) is 100 Å². The van der Waals surface area contributed by atoms with Crippen molar-refractivity contribution < 1.29 is 13.3 Å². The van der Waals surface area contributed by atoms with Crippen LogP contribution in [0, 0.1) is 0 Å². The van der Waals surface area contributed by atoms with Crippen molar-refractivity contribution in [1.29, 1.82) is 0 Å². The van der Waals surface area contributed by atoms with Crippen LogP contribution in [0.15, 0.2) is 141 Å². The maximum absolute atomic E-state index is 6.29. The second-order valence-electron chi connectivity index (χ2n) is 12.0. The van der Waals surface area contributed by atoms with E-state index in [4.69, 9.17) is 13.3 Å². The molecule has 9 aromatic rings. The van der Waals surface area contributed by atoms with Crippen molar-refractivity contribution in [3.63, 3.8) is 0 Å². The second-order valence-corrected chi connectivity index (χ2v) is 12.0. The highest BCUT2D eigenvalue weighted by Gasteiger charge is 2.16. The quantitative estimate of drug-likeness (QED) is 0.209. The molecule has 0 N–H and O–H groups in total. The maximum atomic E-state index is 6.29. The number of hydrogen-bond donors (Lipinski definition) is 0. The summed E-state index contributed by atoms with van der Waals surface area (Å²) in [5.74, 6) is 1.09. The number of furan rings is 3. The summed E-state index contributed by atoms with van der Waals surface area (Å²) in [6.07, 6.45) is 6.44. The lowest BCUT2D eigenvalue weighted by Crippen LogP contribution is -1.88. The van der Waals surface area contributed by atoms with Crippen molar-refractivity contribution in [3.8, 4) is 33.4 Å². The van der Waals surface area contributed by atoms with Gasteiger partial charge in [0, 0.05) is 38.9 Å². The fraction of sp³-hybridized carbons (Fsp3) is 0.0476. The van der Waals surface area contributed by atoms with Crippen LogP contribution in [0.2, 0.25) is 0 Å². The first kappa shape index (κ1) is 24.6. The van der Waals surface area contributed by atoms with Gasteiger partial charge in [0.25, 0.3) is 0 Å². The molecule has 0 saturated heterocycles. The van der Waals surface area contributed by atoms with E-state index in [9.17, 15) is 0 Å². The van der Waals surface area contributed by atoms with E-state index < -0.39 is 0 Å². The van der Waals surface area contributed by atoms with Gasteiger partial charge >= 0.3 is 0 Å². The van der Waals surface area contributed by atoms with Crippen molar-refractivity contribution in [2.45, 2.75) is 12.8 Å². The molecule has 6 aromatic carbocycles. The van der Waals surface area contributed by atoms with E-state index in [2.05, 4.69) is 121 Å². The Balaban J connectivity index is 1.06. The van der Waals surface area contributed by atoms with E-state index in [1.807, 2.05) is 12.1 Å². The lowest BCUT2D eigenvalue weighted by molar-refractivity contribution is 0.546. The summed E-state index contributed by atoms with van der Waals surface area (Å²) in [6.45, 7) is 0. The molecule has 3 heterocycles. The maximum Gasteiger partial charge on any atom is 0.135 e. The van der Waals surface area contributed by atoms with E-state index in [0.29, 0.717) is 0 Å². The van der Waals surface area contributed by atoms with Crippen molar-refractivity contribution in [2.75, 3.05) is 0 Å². The van der Waals surface area contributed by atoms with Gasteiger partial charge in [-0.3, -0.25) is 0 Å². The molecular weight excluding hydrogens is 552 g/mol. The van der Waals surface area contributed by atoms with Crippen LogP contribution in [0.3, 0.4) is 0 Å². The largest absolute Gasteiger partial charge is 0.460 e. The van der Waals surface area contributed by atoms with Gasteiger partial charge in [0.2, 0.25) is 0 Å². The van der Waals surface area contributed by atoms with Crippen LogP contribution in [-0.4, -0.2) is 0 Å². The first-order valence-electron chi connectivity index (χ1n) is 15.5. The number of benzene rings is 6. The summed E-state index contributed by atoms with van der Waals surface area (Å²) in [4.78, 5) is 0. The molecule has 0 aliphatic heterocycles. The van der Waals surface area contributed by atoms with Gasteiger partial charge in [-0.15, -0.1) is 0 Å². The Morgan fingerprint density at radius 2 is 0.867 bits per heavy atom. The zero-order valence-electron chi connectivity index (χ0n) is 24.3. The Bertz CT molecular complexity index is 2660. The molecule has 212 valence electrons. The van der Waals surface area contributed by atoms with Crippen LogP contribution in [0.4, 0.5) is 0 Å². The Hall–Kier alpha value is -5.80. The molecule has 0 amide bonds. The molecule has 0 radical (unpaired) electrons. The fourth-order valence-corrected chi connectivity index (χ4v) is 7.05. The summed E-state index contributed by atoms with van der Waals surface area (Å²) >= 11 is 0. The Labute approximate surface area is 258 Å². The highest BCUT2D eigenvalue weighted by molar-refractivity contribution is 6.08. The van der Waals surface area contributed by atoms with Crippen molar-refractivity contribution in [2.24, 2.45) is 0 Å². The zero-order chi connectivity index (χ0) is 29.5. The number of rotatable bonds is 3. The highest BCUT2D eigenvalue weighted by Crippen LogP contribution is 2.39. The third kappa shape index (κ3) is 3.84. The van der Waals surface area contributed by atoms with Crippen LogP contribution in [0.25, 0.3) is 94.3 Å². The lowest BCUT2D eigenvalue weighted by atomic mass is 9.96. The highest BCUT2D eigenvalue weighted by atomic mass is 16.3. The molecule has 3 heteroatoms. The Kier molecular flexibility index (Phi) is 5.11. The number of fused-ring (bicyclic) bond motifs is 9. The summed E-state index contributed by atoms with van der Waals surface area (Å²) in [5.41, 5.74) is 12.8. The van der Waals surface area contributed by atoms with E-state index in [1.54, 1.807) is 0 Å². The van der Waals surface area contributed by atoms with Gasteiger partial charge < -0.3 is 13.3 Å². The first-order chi connectivity index (χ1) is 22.2. The van der Waals surface area contributed by atoms with E-state index in [-0.39, 0.29) is 0 Å². The third-order valence-electron chi connectivity index (χ3n) is 9.33. The lowest BCUT2D eigenvalue weighted by Gasteiger charge is -2.07. The molecule has 0 spiro atoms. The molecular formula is C42H26O3. The van der Waals surface area contributed by atoms with Gasteiger partial charge in [0.05, 0.1) is 0 Å². The normalized spacial score (nSPS) is 13.1. The monoisotopic (exact) mass is 578 g/mol. The number of allylic oxidation sites excluding steroid dienone is 1. The molecule has 0 fully saturated rings. The van der Waals surface area contributed by atoms with Gasteiger partial charge in [-0.1, -0.05) is 72.8 Å². The summed E-state index contributed by atoms with van der Waals surface area (Å²) in [5, 5.41) is 5.69. The molecule has 0 bridgehead atoms. The molecule has 1 aliphatic carbocycles. The molecule has 10 rings (SSSR count). The average molecular weight is 579 g/mol.